The molecule has 1 aromatic carbocycles. The minimum absolute atomic E-state index is 1.38. The van der Waals surface area contributed by atoms with Crippen molar-refractivity contribution in [3.8, 4) is 0 Å². The number of carbonyl (C=O) groups is 1. The molecule has 1 heteroatoms. The maximum Gasteiger partial charge on any atom is 0.106 e. The number of benzene rings is 1. The fourth-order valence-electron chi connectivity index (χ4n) is 0.898. The number of hydrogen-bond acceptors (Lipinski definition) is 1. The van der Waals surface area contributed by atoms with Gasteiger partial charge in [0.25, 0.3) is 0 Å². The van der Waals surface area contributed by atoms with Gasteiger partial charge in [0.15, 0.2) is 0 Å². The maximum absolute atomic E-state index is 8.00. The van der Waals surface area contributed by atoms with Crippen LogP contribution in [0.1, 0.15) is 16.7 Å². The van der Waals surface area contributed by atoms with Crippen LogP contribution in [0.2, 0.25) is 0 Å². The minimum Gasteiger partial charge on any atom is -0.307 e. The maximum atomic E-state index is 8.00. The first kappa shape index (κ1) is 9.89. The summed E-state index contributed by atoms with van der Waals surface area (Å²) in [5, 5.41) is 0. The summed E-state index contributed by atoms with van der Waals surface area (Å²) in [6.45, 7) is 8.44. The van der Waals surface area contributed by atoms with Crippen molar-refractivity contribution < 1.29 is 4.79 Å². The number of carbonyl (C=O) groups excluding carboxylic acids is 1. The molecule has 0 radical (unpaired) electrons. The second kappa shape index (κ2) is 4.67. The predicted octanol–water partition coefficient (Wildman–Crippen LogP) is 2.43. The average molecular weight is 150 g/mol. The summed E-state index contributed by atoms with van der Waals surface area (Å²) >= 11 is 0. The monoisotopic (exact) mass is 150 g/mol. The van der Waals surface area contributed by atoms with E-state index in [1.165, 1.54) is 16.7 Å². The Hall–Kier alpha value is -1.11. The lowest BCUT2D eigenvalue weighted by atomic mass is 10.1. The second-order valence-corrected chi connectivity index (χ2v) is 2.52. The van der Waals surface area contributed by atoms with Crippen LogP contribution < -0.4 is 0 Å². The summed E-state index contributed by atoms with van der Waals surface area (Å²) in [5.74, 6) is 0. The molecule has 0 aliphatic rings. The molecular formula is C10H14O. The van der Waals surface area contributed by atoms with E-state index in [2.05, 4.69) is 39.0 Å². The van der Waals surface area contributed by atoms with Gasteiger partial charge in [-0.3, -0.25) is 0 Å². The molecule has 60 valence electrons. The van der Waals surface area contributed by atoms with E-state index in [0.717, 1.165) is 0 Å². The van der Waals surface area contributed by atoms with Gasteiger partial charge in [-0.15, -0.1) is 0 Å². The molecule has 0 unspecified atom stereocenters. The summed E-state index contributed by atoms with van der Waals surface area (Å²) in [6.07, 6.45) is 0. The number of aryl methyl sites for hydroxylation is 2. The fourth-order valence-corrected chi connectivity index (χ4v) is 0.898. The molecule has 1 aromatic rings. The third kappa shape index (κ3) is 2.54. The normalized spacial score (nSPS) is 8.27. The van der Waals surface area contributed by atoms with Gasteiger partial charge >= 0.3 is 0 Å². The van der Waals surface area contributed by atoms with Gasteiger partial charge in [-0.2, -0.15) is 0 Å². The highest BCUT2D eigenvalue weighted by atomic mass is 16.1. The van der Waals surface area contributed by atoms with Crippen molar-refractivity contribution in [1.82, 2.24) is 0 Å². The lowest BCUT2D eigenvalue weighted by Gasteiger charge is -2.00. The first-order valence-corrected chi connectivity index (χ1v) is 3.53. The van der Waals surface area contributed by atoms with Crippen molar-refractivity contribution in [1.29, 1.82) is 0 Å². The summed E-state index contributed by atoms with van der Waals surface area (Å²) < 4.78 is 0. The second-order valence-electron chi connectivity index (χ2n) is 2.52. The zero-order chi connectivity index (χ0) is 8.85. The third-order valence-corrected chi connectivity index (χ3v) is 1.88. The van der Waals surface area contributed by atoms with Gasteiger partial charge in [0.2, 0.25) is 0 Å². The van der Waals surface area contributed by atoms with Gasteiger partial charge in [-0.25, -0.2) is 0 Å². The Balaban J connectivity index is 0.000000461. The smallest absolute Gasteiger partial charge is 0.106 e. The molecule has 0 atom stereocenters. The molecule has 1 nitrogen and oxygen atoms in total. The Kier molecular flexibility index (Phi) is 4.20. The Morgan fingerprint density at radius 2 is 1.36 bits per heavy atom. The van der Waals surface area contributed by atoms with Crippen molar-refractivity contribution in [2.45, 2.75) is 20.8 Å². The molecule has 0 aromatic heterocycles. The highest BCUT2D eigenvalue weighted by molar-refractivity contribution is 5.31. The fraction of sp³-hybridized carbons (Fsp3) is 0.300. The van der Waals surface area contributed by atoms with Crippen molar-refractivity contribution >= 4 is 6.79 Å². The molecule has 1 rings (SSSR count). The van der Waals surface area contributed by atoms with Crippen LogP contribution in [0.4, 0.5) is 0 Å². The van der Waals surface area contributed by atoms with Crippen LogP contribution in [0.25, 0.3) is 0 Å². The van der Waals surface area contributed by atoms with Crippen LogP contribution in [0.5, 0.6) is 0 Å². The van der Waals surface area contributed by atoms with E-state index in [1.54, 1.807) is 0 Å². The van der Waals surface area contributed by atoms with Crippen molar-refractivity contribution in [2.75, 3.05) is 0 Å². The molecule has 0 spiro atoms. The molecule has 0 saturated carbocycles. The standard InChI is InChI=1S/C9H12.CH2O/c1-7-5-4-6-8(2)9(7)3;1-2/h4-6H,1-3H3;1H2. The van der Waals surface area contributed by atoms with E-state index in [1.807, 2.05) is 6.79 Å². The van der Waals surface area contributed by atoms with Gasteiger partial charge in [0.05, 0.1) is 0 Å². The first-order chi connectivity index (χ1) is 5.22. The van der Waals surface area contributed by atoms with Crippen molar-refractivity contribution in [3.05, 3.63) is 34.9 Å². The molecule has 0 amide bonds. The first-order valence-electron chi connectivity index (χ1n) is 3.53. The van der Waals surface area contributed by atoms with E-state index >= 15 is 0 Å². The lowest BCUT2D eigenvalue weighted by molar-refractivity contribution is -0.0979. The van der Waals surface area contributed by atoms with Crippen molar-refractivity contribution in [2.24, 2.45) is 0 Å². The molecule has 0 saturated heterocycles. The van der Waals surface area contributed by atoms with Gasteiger partial charge in [-0.05, 0) is 37.5 Å². The van der Waals surface area contributed by atoms with Crippen LogP contribution in [-0.4, -0.2) is 6.79 Å². The summed E-state index contributed by atoms with van der Waals surface area (Å²) in [5.41, 5.74) is 4.18. The number of hydrogen-bond donors (Lipinski definition) is 0. The Morgan fingerprint density at radius 1 is 1.00 bits per heavy atom. The summed E-state index contributed by atoms with van der Waals surface area (Å²) in [4.78, 5) is 8.00. The summed E-state index contributed by atoms with van der Waals surface area (Å²) in [6, 6.07) is 6.38. The van der Waals surface area contributed by atoms with E-state index < -0.39 is 0 Å². The van der Waals surface area contributed by atoms with E-state index in [4.69, 9.17) is 4.79 Å². The van der Waals surface area contributed by atoms with Crippen molar-refractivity contribution in [3.63, 3.8) is 0 Å². The predicted molar refractivity (Wildman–Crippen MR) is 47.8 cm³/mol. The molecule has 0 bridgehead atoms. The highest BCUT2D eigenvalue weighted by Crippen LogP contribution is 2.09. The molecule has 11 heavy (non-hydrogen) atoms. The van der Waals surface area contributed by atoms with Crippen LogP contribution in [-0.2, 0) is 4.79 Å². The minimum atomic E-state index is 1.38. The molecule has 0 heterocycles. The Morgan fingerprint density at radius 3 is 1.64 bits per heavy atom. The molecule has 0 aliphatic heterocycles. The van der Waals surface area contributed by atoms with E-state index in [-0.39, 0.29) is 0 Å². The Labute approximate surface area is 68.1 Å². The van der Waals surface area contributed by atoms with Crippen LogP contribution in [0.15, 0.2) is 18.2 Å². The topological polar surface area (TPSA) is 17.1 Å². The SMILES string of the molecule is C=O.Cc1cccc(C)c1C. The zero-order valence-corrected chi connectivity index (χ0v) is 7.35. The number of rotatable bonds is 0. The molecule has 0 N–H and O–H groups in total. The zero-order valence-electron chi connectivity index (χ0n) is 7.35. The van der Waals surface area contributed by atoms with Gasteiger partial charge in [0, 0.05) is 0 Å². The summed E-state index contributed by atoms with van der Waals surface area (Å²) in [7, 11) is 0. The molecular weight excluding hydrogens is 136 g/mol. The highest BCUT2D eigenvalue weighted by Gasteiger charge is 1.91. The Bertz CT molecular complexity index is 208. The average Bonchev–Trinajstić information content (AvgIpc) is 2.04. The largest absolute Gasteiger partial charge is 0.307 e. The van der Waals surface area contributed by atoms with Gasteiger partial charge < -0.3 is 4.79 Å². The van der Waals surface area contributed by atoms with Crippen LogP contribution in [0.3, 0.4) is 0 Å². The van der Waals surface area contributed by atoms with Crippen LogP contribution >= 0.6 is 0 Å². The lowest BCUT2D eigenvalue weighted by Crippen LogP contribution is -1.82. The van der Waals surface area contributed by atoms with E-state index in [0.29, 0.717) is 0 Å². The van der Waals surface area contributed by atoms with Crippen LogP contribution in [0, 0.1) is 20.8 Å². The van der Waals surface area contributed by atoms with Gasteiger partial charge in [-0.1, -0.05) is 18.2 Å². The van der Waals surface area contributed by atoms with Gasteiger partial charge in [0.1, 0.15) is 6.79 Å². The molecule has 0 fully saturated rings. The van der Waals surface area contributed by atoms with E-state index in [9.17, 15) is 0 Å². The quantitative estimate of drug-likeness (QED) is 0.555. The molecule has 0 aliphatic carbocycles. The third-order valence-electron chi connectivity index (χ3n) is 1.88.